The van der Waals surface area contributed by atoms with Crippen molar-refractivity contribution < 1.29 is 4.79 Å². The predicted octanol–water partition coefficient (Wildman–Crippen LogP) is 2.95. The number of carbonyl (C=O) groups excluding carboxylic acids is 1. The molecule has 0 fully saturated rings. The van der Waals surface area contributed by atoms with Crippen LogP contribution in [-0.2, 0) is 0 Å². The maximum atomic E-state index is 11.1. The van der Waals surface area contributed by atoms with E-state index in [2.05, 4.69) is 5.32 Å². The van der Waals surface area contributed by atoms with Crippen LogP contribution in [-0.4, -0.2) is 25.0 Å². The zero-order valence-electron chi connectivity index (χ0n) is 10.4. The van der Waals surface area contributed by atoms with Gasteiger partial charge in [0, 0.05) is 20.3 Å². The Morgan fingerprint density at radius 2 is 1.75 bits per heavy atom. The van der Waals surface area contributed by atoms with Gasteiger partial charge in [0.2, 0.25) is 0 Å². The number of nitrogens with one attached hydrogen (secondary N) is 1. The number of carbonyl (C=O) groups is 1. The first kappa shape index (κ1) is 14.2. The molecule has 2 amide bonds. The molecule has 16 heavy (non-hydrogen) atoms. The molecular weight excluding hydrogens is 200 g/mol. The van der Waals surface area contributed by atoms with Crippen LogP contribution in [0.15, 0.2) is 36.5 Å². The molecule has 0 aliphatic heterocycles. The molecule has 1 rings (SSSR count). The molecule has 3 nitrogen and oxygen atoms in total. The topological polar surface area (TPSA) is 32.3 Å². The van der Waals surface area contributed by atoms with Crippen LogP contribution in [0.2, 0.25) is 0 Å². The van der Waals surface area contributed by atoms with Crippen molar-refractivity contribution in [2.24, 2.45) is 0 Å². The van der Waals surface area contributed by atoms with E-state index in [1.54, 1.807) is 20.3 Å². The SMILES string of the molecule is CC.CN(C)C(=O)N/C=C/c1ccccc1. The summed E-state index contributed by atoms with van der Waals surface area (Å²) in [7, 11) is 3.40. The zero-order chi connectivity index (χ0) is 12.4. The van der Waals surface area contributed by atoms with Crippen LogP contribution in [0.1, 0.15) is 19.4 Å². The van der Waals surface area contributed by atoms with E-state index in [4.69, 9.17) is 0 Å². The quantitative estimate of drug-likeness (QED) is 0.816. The lowest BCUT2D eigenvalue weighted by atomic mass is 10.2. The molecule has 0 aliphatic rings. The van der Waals surface area contributed by atoms with E-state index in [9.17, 15) is 4.79 Å². The van der Waals surface area contributed by atoms with Crippen molar-refractivity contribution in [3.05, 3.63) is 42.1 Å². The lowest BCUT2D eigenvalue weighted by molar-refractivity contribution is 0.221. The second-order valence-electron chi connectivity index (χ2n) is 3.09. The fourth-order valence-electron chi connectivity index (χ4n) is 0.902. The molecule has 0 aromatic heterocycles. The Morgan fingerprint density at radius 3 is 2.25 bits per heavy atom. The summed E-state index contributed by atoms with van der Waals surface area (Å²) in [6.45, 7) is 4.00. The molecule has 0 atom stereocenters. The molecule has 0 aliphatic carbocycles. The fraction of sp³-hybridized carbons (Fsp3) is 0.308. The standard InChI is InChI=1S/C11H14N2O.C2H6/c1-13(2)11(14)12-9-8-10-6-4-3-5-7-10;1-2/h3-9H,1-2H3,(H,12,14);1-2H3/b9-8+;. The average Bonchev–Trinajstić information content (AvgIpc) is 2.33. The van der Waals surface area contributed by atoms with Crippen LogP contribution in [0.3, 0.4) is 0 Å². The highest BCUT2D eigenvalue weighted by molar-refractivity contribution is 5.75. The Bertz CT molecular complexity index is 318. The maximum Gasteiger partial charge on any atom is 0.320 e. The Kier molecular flexibility index (Phi) is 7.59. The maximum absolute atomic E-state index is 11.1. The summed E-state index contributed by atoms with van der Waals surface area (Å²) in [5.41, 5.74) is 1.06. The van der Waals surface area contributed by atoms with Gasteiger partial charge in [-0.2, -0.15) is 0 Å². The second-order valence-corrected chi connectivity index (χ2v) is 3.09. The molecule has 88 valence electrons. The van der Waals surface area contributed by atoms with Crippen molar-refractivity contribution in [3.8, 4) is 0 Å². The van der Waals surface area contributed by atoms with Gasteiger partial charge in [0.05, 0.1) is 0 Å². The van der Waals surface area contributed by atoms with Crippen LogP contribution in [0, 0.1) is 0 Å². The minimum absolute atomic E-state index is 0.128. The van der Waals surface area contributed by atoms with Crippen molar-refractivity contribution in [2.75, 3.05) is 14.1 Å². The first-order valence-corrected chi connectivity index (χ1v) is 5.39. The van der Waals surface area contributed by atoms with E-state index in [1.807, 2.05) is 50.3 Å². The summed E-state index contributed by atoms with van der Waals surface area (Å²) in [4.78, 5) is 12.6. The van der Waals surface area contributed by atoms with Crippen LogP contribution < -0.4 is 5.32 Å². The third-order valence-corrected chi connectivity index (χ3v) is 1.69. The Hall–Kier alpha value is -1.77. The second kappa shape index (κ2) is 8.53. The van der Waals surface area contributed by atoms with Crippen LogP contribution >= 0.6 is 0 Å². The lowest BCUT2D eigenvalue weighted by Gasteiger charge is -2.08. The van der Waals surface area contributed by atoms with Crippen LogP contribution in [0.4, 0.5) is 4.79 Å². The molecule has 0 heterocycles. The van der Waals surface area contributed by atoms with Gasteiger partial charge >= 0.3 is 6.03 Å². The van der Waals surface area contributed by atoms with Crippen LogP contribution in [0.5, 0.6) is 0 Å². The lowest BCUT2D eigenvalue weighted by Crippen LogP contribution is -2.30. The summed E-state index contributed by atoms with van der Waals surface area (Å²) >= 11 is 0. The number of urea groups is 1. The molecule has 0 saturated heterocycles. The van der Waals surface area contributed by atoms with Gasteiger partial charge in [-0.3, -0.25) is 0 Å². The van der Waals surface area contributed by atoms with Gasteiger partial charge in [0.1, 0.15) is 0 Å². The average molecular weight is 220 g/mol. The molecule has 1 aromatic carbocycles. The highest BCUT2D eigenvalue weighted by Crippen LogP contribution is 1.99. The van der Waals surface area contributed by atoms with Crippen molar-refractivity contribution in [3.63, 3.8) is 0 Å². The number of nitrogens with zero attached hydrogens (tertiary/aromatic N) is 1. The summed E-state index contributed by atoms with van der Waals surface area (Å²) in [6, 6.07) is 9.67. The molecule has 3 heteroatoms. The van der Waals surface area contributed by atoms with Crippen molar-refractivity contribution in [1.82, 2.24) is 10.2 Å². The molecule has 0 bridgehead atoms. The van der Waals surface area contributed by atoms with Gasteiger partial charge < -0.3 is 10.2 Å². The summed E-state index contributed by atoms with van der Waals surface area (Å²) in [6.07, 6.45) is 3.49. The largest absolute Gasteiger partial charge is 0.331 e. The van der Waals surface area contributed by atoms with E-state index in [0.717, 1.165) is 5.56 Å². The monoisotopic (exact) mass is 220 g/mol. The molecule has 0 radical (unpaired) electrons. The van der Waals surface area contributed by atoms with Gasteiger partial charge in [-0.05, 0) is 11.6 Å². The molecule has 1 N–H and O–H groups in total. The number of benzene rings is 1. The van der Waals surface area contributed by atoms with Gasteiger partial charge in [0.25, 0.3) is 0 Å². The van der Waals surface area contributed by atoms with Gasteiger partial charge in [0.15, 0.2) is 0 Å². The van der Waals surface area contributed by atoms with E-state index in [0.29, 0.717) is 0 Å². The summed E-state index contributed by atoms with van der Waals surface area (Å²) in [5, 5.41) is 2.64. The minimum atomic E-state index is -0.128. The molecule has 1 aromatic rings. The van der Waals surface area contributed by atoms with Crippen molar-refractivity contribution in [1.29, 1.82) is 0 Å². The molecular formula is C13H20N2O. The molecule has 0 unspecified atom stereocenters. The van der Waals surface area contributed by atoms with E-state index >= 15 is 0 Å². The smallest absolute Gasteiger partial charge is 0.320 e. The molecule has 0 spiro atoms. The Balaban J connectivity index is 0.00000106. The minimum Gasteiger partial charge on any atom is -0.331 e. The van der Waals surface area contributed by atoms with Gasteiger partial charge in [-0.1, -0.05) is 44.2 Å². The number of amides is 2. The first-order chi connectivity index (χ1) is 7.70. The van der Waals surface area contributed by atoms with Crippen molar-refractivity contribution >= 4 is 12.1 Å². The number of hydrogen-bond acceptors (Lipinski definition) is 1. The summed E-state index contributed by atoms with van der Waals surface area (Å²) in [5.74, 6) is 0. The highest BCUT2D eigenvalue weighted by Gasteiger charge is 1.97. The number of rotatable bonds is 2. The van der Waals surface area contributed by atoms with Crippen LogP contribution in [0.25, 0.3) is 6.08 Å². The predicted molar refractivity (Wildman–Crippen MR) is 69.0 cm³/mol. The third kappa shape index (κ3) is 5.86. The first-order valence-electron chi connectivity index (χ1n) is 5.39. The fourth-order valence-corrected chi connectivity index (χ4v) is 0.902. The van der Waals surface area contributed by atoms with Gasteiger partial charge in [-0.15, -0.1) is 0 Å². The Morgan fingerprint density at radius 1 is 1.19 bits per heavy atom. The molecule has 0 saturated carbocycles. The van der Waals surface area contributed by atoms with Gasteiger partial charge in [-0.25, -0.2) is 4.79 Å². The number of hydrogen-bond donors (Lipinski definition) is 1. The summed E-state index contributed by atoms with van der Waals surface area (Å²) < 4.78 is 0. The highest BCUT2D eigenvalue weighted by atomic mass is 16.2. The normalized spacial score (nSPS) is 9.25. The van der Waals surface area contributed by atoms with E-state index in [1.165, 1.54) is 4.90 Å². The van der Waals surface area contributed by atoms with Crippen molar-refractivity contribution in [2.45, 2.75) is 13.8 Å². The Labute approximate surface area is 97.8 Å². The van der Waals surface area contributed by atoms with E-state index < -0.39 is 0 Å². The van der Waals surface area contributed by atoms with E-state index in [-0.39, 0.29) is 6.03 Å². The third-order valence-electron chi connectivity index (χ3n) is 1.69. The zero-order valence-corrected chi connectivity index (χ0v) is 10.4.